The fourth-order valence-electron chi connectivity index (χ4n) is 4.38. The first kappa shape index (κ1) is 28.6. The number of aromatic nitrogens is 2. The highest BCUT2D eigenvalue weighted by atomic mass is 35.5. The lowest BCUT2D eigenvalue weighted by Crippen LogP contribution is -2.29. The smallest absolute Gasteiger partial charge is 0.301 e. The van der Waals surface area contributed by atoms with Gasteiger partial charge >= 0.3 is 5.91 Å². The van der Waals surface area contributed by atoms with Crippen LogP contribution in [0.25, 0.3) is 5.76 Å². The molecule has 1 fully saturated rings. The molecular formula is C29H24ClFN4O4S2. The fraction of sp³-hybridized carbons (Fsp3) is 0.172. The number of methoxy groups -OCH3 is 1. The Morgan fingerprint density at radius 3 is 2.51 bits per heavy atom. The van der Waals surface area contributed by atoms with Gasteiger partial charge < -0.3 is 14.7 Å². The van der Waals surface area contributed by atoms with Crippen LogP contribution in [0.5, 0.6) is 5.75 Å². The second kappa shape index (κ2) is 11.9. The average Bonchev–Trinajstić information content (AvgIpc) is 3.54. The number of ether oxygens (including phenoxy) is 1. The van der Waals surface area contributed by atoms with Crippen molar-refractivity contribution in [3.8, 4) is 5.75 Å². The zero-order chi connectivity index (χ0) is 29.3. The predicted octanol–water partition coefficient (Wildman–Crippen LogP) is 6.32. The minimum atomic E-state index is -1.02. The van der Waals surface area contributed by atoms with Crippen molar-refractivity contribution in [2.24, 2.45) is 0 Å². The van der Waals surface area contributed by atoms with E-state index >= 15 is 0 Å². The van der Waals surface area contributed by atoms with Gasteiger partial charge in [-0.2, -0.15) is 0 Å². The summed E-state index contributed by atoms with van der Waals surface area (Å²) in [5.74, 6) is -2.50. The Hall–Kier alpha value is -3.93. The molecule has 0 saturated carbocycles. The van der Waals surface area contributed by atoms with E-state index < -0.39 is 29.3 Å². The molecule has 1 aromatic heterocycles. The Morgan fingerprint density at radius 2 is 1.85 bits per heavy atom. The van der Waals surface area contributed by atoms with Crippen molar-refractivity contribution in [2.45, 2.75) is 16.1 Å². The van der Waals surface area contributed by atoms with Crippen LogP contribution in [0.2, 0.25) is 5.02 Å². The van der Waals surface area contributed by atoms with Gasteiger partial charge in [-0.05, 0) is 47.5 Å². The molecule has 1 aliphatic heterocycles. The number of carbonyl (C=O) groups is 2. The molecule has 0 spiro atoms. The van der Waals surface area contributed by atoms with Crippen LogP contribution in [0.4, 0.5) is 15.2 Å². The van der Waals surface area contributed by atoms with Crippen LogP contribution in [0.15, 0.2) is 76.6 Å². The lowest BCUT2D eigenvalue weighted by atomic mass is 9.95. The summed E-state index contributed by atoms with van der Waals surface area (Å²) in [5, 5.41) is 20.6. The number of carbonyl (C=O) groups excluding carboxylic acids is 2. The zero-order valence-electron chi connectivity index (χ0n) is 22.2. The van der Waals surface area contributed by atoms with Gasteiger partial charge in [-0.25, -0.2) is 4.39 Å². The summed E-state index contributed by atoms with van der Waals surface area (Å²) in [4.78, 5) is 30.0. The largest absolute Gasteiger partial charge is 0.507 e. The van der Waals surface area contributed by atoms with Crippen LogP contribution >= 0.6 is 34.7 Å². The molecule has 0 radical (unpaired) electrons. The van der Waals surface area contributed by atoms with Crippen molar-refractivity contribution in [3.63, 3.8) is 0 Å². The topological polar surface area (TPSA) is 95.9 Å². The number of aliphatic hydroxyl groups is 1. The molecule has 8 nitrogen and oxygen atoms in total. The van der Waals surface area contributed by atoms with Crippen molar-refractivity contribution in [1.29, 1.82) is 0 Å². The van der Waals surface area contributed by atoms with Crippen molar-refractivity contribution in [2.75, 3.05) is 31.0 Å². The average molecular weight is 611 g/mol. The summed E-state index contributed by atoms with van der Waals surface area (Å²) in [6.45, 7) is 0. The molecule has 210 valence electrons. The highest BCUT2D eigenvalue weighted by Gasteiger charge is 2.48. The van der Waals surface area contributed by atoms with Gasteiger partial charge in [0.1, 0.15) is 5.76 Å². The fourth-order valence-corrected chi connectivity index (χ4v) is 6.54. The van der Waals surface area contributed by atoms with Gasteiger partial charge in [0.05, 0.1) is 18.7 Å². The van der Waals surface area contributed by atoms with Crippen molar-refractivity contribution >= 4 is 63.0 Å². The monoisotopic (exact) mass is 610 g/mol. The number of thioether (sulfide) groups is 1. The number of nitrogens with zero attached hydrogens (tertiary/aromatic N) is 4. The number of anilines is 2. The Bertz CT molecular complexity index is 1660. The number of benzene rings is 3. The van der Waals surface area contributed by atoms with Crippen LogP contribution in [-0.4, -0.2) is 48.2 Å². The Balaban J connectivity index is 1.56. The second-order valence-electron chi connectivity index (χ2n) is 9.24. The number of Topliss-reactive ketones (excluding diaryl/α,β-unsaturated/α-hetero) is 1. The summed E-state index contributed by atoms with van der Waals surface area (Å²) < 4.78 is 20.1. The van der Waals surface area contributed by atoms with Gasteiger partial charge in [-0.1, -0.05) is 65.0 Å². The Labute approximate surface area is 249 Å². The molecule has 0 aliphatic carbocycles. The van der Waals surface area contributed by atoms with Crippen LogP contribution in [0, 0.1) is 5.82 Å². The molecule has 1 unspecified atom stereocenters. The molecule has 3 aromatic carbocycles. The minimum Gasteiger partial charge on any atom is -0.507 e. The van der Waals surface area contributed by atoms with E-state index in [0.29, 0.717) is 20.7 Å². The first-order chi connectivity index (χ1) is 19.7. The van der Waals surface area contributed by atoms with Crippen LogP contribution in [0.3, 0.4) is 0 Å². The van der Waals surface area contributed by atoms with Gasteiger partial charge in [-0.15, -0.1) is 10.2 Å². The van der Waals surface area contributed by atoms with Gasteiger partial charge in [0.2, 0.25) is 5.13 Å². The van der Waals surface area contributed by atoms with E-state index in [9.17, 15) is 19.1 Å². The van der Waals surface area contributed by atoms with Crippen molar-refractivity contribution in [1.82, 2.24) is 10.2 Å². The van der Waals surface area contributed by atoms with E-state index in [2.05, 4.69) is 10.2 Å². The summed E-state index contributed by atoms with van der Waals surface area (Å²) in [6.07, 6.45) is 0. The van der Waals surface area contributed by atoms with E-state index in [4.69, 9.17) is 16.3 Å². The van der Waals surface area contributed by atoms with E-state index in [1.807, 2.05) is 49.3 Å². The van der Waals surface area contributed by atoms with Crippen molar-refractivity contribution in [3.05, 3.63) is 99.8 Å². The minimum absolute atomic E-state index is 0.0199. The molecule has 1 N–H and O–H groups in total. The third-order valence-corrected chi connectivity index (χ3v) is 8.98. The quantitative estimate of drug-likeness (QED) is 0.0814. The van der Waals surface area contributed by atoms with Gasteiger partial charge in [0.25, 0.3) is 5.78 Å². The molecule has 5 rings (SSSR count). The van der Waals surface area contributed by atoms with Gasteiger partial charge in [0.15, 0.2) is 15.9 Å². The number of rotatable bonds is 8. The normalized spacial score (nSPS) is 16.3. The standard InChI is InChI=1S/C29H24ClFN4O4S2/c1-34(2)19-11-8-16(9-12-19)24-23(25(36)17-10-13-22(39-3)21(31)14-17)26(37)27(38)35(24)28-32-33-29(41-28)40-15-18-6-4-5-7-20(18)30/h4-14,24,36H,15H2,1-3H3/b25-23+. The molecule has 41 heavy (non-hydrogen) atoms. The highest BCUT2D eigenvalue weighted by Crippen LogP contribution is 2.44. The third kappa shape index (κ3) is 5.65. The zero-order valence-corrected chi connectivity index (χ0v) is 24.6. The maximum atomic E-state index is 14.5. The molecular weight excluding hydrogens is 587 g/mol. The summed E-state index contributed by atoms with van der Waals surface area (Å²) in [6, 6.07) is 17.5. The molecule has 12 heteroatoms. The maximum Gasteiger partial charge on any atom is 0.301 e. The molecule has 1 amide bonds. The number of hydrogen-bond donors (Lipinski definition) is 1. The SMILES string of the molecule is COc1ccc(/C(O)=C2\C(=O)C(=O)N(c3nnc(SCc4ccccc4Cl)s3)C2c2ccc(N(C)C)cc2)cc1F. The molecule has 2 heterocycles. The predicted molar refractivity (Wildman–Crippen MR) is 159 cm³/mol. The van der Waals surface area contributed by atoms with E-state index in [0.717, 1.165) is 28.7 Å². The van der Waals surface area contributed by atoms with Gasteiger partial charge in [-0.3, -0.25) is 14.5 Å². The molecule has 1 saturated heterocycles. The summed E-state index contributed by atoms with van der Waals surface area (Å²) >= 11 is 8.82. The number of halogens is 2. The van der Waals surface area contributed by atoms with E-state index in [1.54, 1.807) is 18.2 Å². The number of ketones is 1. The lowest BCUT2D eigenvalue weighted by molar-refractivity contribution is -0.132. The van der Waals surface area contributed by atoms with Crippen LogP contribution < -0.4 is 14.5 Å². The number of aliphatic hydroxyl groups excluding tert-OH is 1. The lowest BCUT2D eigenvalue weighted by Gasteiger charge is -2.23. The first-order valence-electron chi connectivity index (χ1n) is 12.3. The first-order valence-corrected chi connectivity index (χ1v) is 14.5. The molecule has 1 aliphatic rings. The summed E-state index contributed by atoms with van der Waals surface area (Å²) in [5.41, 5.74) is 2.23. The molecule has 0 bridgehead atoms. The van der Waals surface area contributed by atoms with Crippen LogP contribution in [0.1, 0.15) is 22.7 Å². The molecule has 1 atom stereocenters. The molecule has 4 aromatic rings. The third-order valence-electron chi connectivity index (χ3n) is 6.51. The Morgan fingerprint density at radius 1 is 1.12 bits per heavy atom. The number of hydrogen-bond acceptors (Lipinski definition) is 9. The number of amides is 1. The van der Waals surface area contributed by atoms with Gasteiger partial charge in [0, 0.05) is 36.1 Å². The van der Waals surface area contributed by atoms with Crippen molar-refractivity contribution < 1.29 is 23.8 Å². The second-order valence-corrected chi connectivity index (χ2v) is 11.8. The van der Waals surface area contributed by atoms with E-state index in [1.165, 1.54) is 35.9 Å². The van der Waals surface area contributed by atoms with Crippen LogP contribution in [-0.2, 0) is 15.3 Å². The van der Waals surface area contributed by atoms with E-state index in [-0.39, 0.29) is 22.0 Å². The summed E-state index contributed by atoms with van der Waals surface area (Å²) in [7, 11) is 5.11. The Kier molecular flexibility index (Phi) is 8.30. The maximum absolute atomic E-state index is 14.5. The highest BCUT2D eigenvalue weighted by molar-refractivity contribution is 8.00.